The molecule has 4 nitrogen and oxygen atoms in total. The summed E-state index contributed by atoms with van der Waals surface area (Å²) in [5, 5.41) is 0. The number of ether oxygens (including phenoxy) is 2. The molecule has 4 rings (SSSR count). The van der Waals surface area contributed by atoms with Crippen LogP contribution in [-0.2, 0) is 9.47 Å². The van der Waals surface area contributed by atoms with Crippen molar-refractivity contribution >= 4 is 0 Å². The highest BCUT2D eigenvalue weighted by atomic mass is 16.5. The zero-order chi connectivity index (χ0) is 20.9. The van der Waals surface area contributed by atoms with Crippen LogP contribution in [0.5, 0.6) is 0 Å². The van der Waals surface area contributed by atoms with Gasteiger partial charge in [0, 0.05) is 13.1 Å². The van der Waals surface area contributed by atoms with Gasteiger partial charge in [-0.05, 0) is 64.3 Å². The van der Waals surface area contributed by atoms with Crippen LogP contribution in [0.25, 0.3) is 0 Å². The van der Waals surface area contributed by atoms with E-state index in [0.29, 0.717) is 0 Å². The second-order valence-electron chi connectivity index (χ2n) is 8.95. The van der Waals surface area contributed by atoms with Gasteiger partial charge in [0.1, 0.15) is 12.5 Å². The number of benzene rings is 2. The van der Waals surface area contributed by atoms with Crippen molar-refractivity contribution in [3.05, 3.63) is 71.3 Å². The van der Waals surface area contributed by atoms with Gasteiger partial charge in [-0.3, -0.25) is 9.80 Å². The molecule has 4 atom stereocenters. The van der Waals surface area contributed by atoms with Crippen LogP contribution in [0.3, 0.4) is 0 Å². The lowest BCUT2D eigenvalue weighted by molar-refractivity contribution is -0.148. The molecule has 2 aromatic rings. The summed E-state index contributed by atoms with van der Waals surface area (Å²) >= 11 is 0. The summed E-state index contributed by atoms with van der Waals surface area (Å²) in [4.78, 5) is 4.73. The van der Waals surface area contributed by atoms with E-state index in [-0.39, 0.29) is 24.7 Å². The molecule has 0 aromatic heterocycles. The third-order valence-corrected chi connectivity index (χ3v) is 6.60. The molecule has 4 unspecified atom stereocenters. The van der Waals surface area contributed by atoms with Gasteiger partial charge in [0.15, 0.2) is 0 Å². The smallest absolute Gasteiger partial charge is 0.111 e. The van der Waals surface area contributed by atoms with Crippen molar-refractivity contribution in [3.8, 4) is 0 Å². The summed E-state index contributed by atoms with van der Waals surface area (Å²) in [5.41, 5.74) is 3.91. The quantitative estimate of drug-likeness (QED) is 0.647. The van der Waals surface area contributed by atoms with Crippen LogP contribution < -0.4 is 0 Å². The van der Waals surface area contributed by atoms with E-state index >= 15 is 0 Å². The fourth-order valence-electron chi connectivity index (χ4n) is 4.73. The first-order chi connectivity index (χ1) is 14.6. The maximum atomic E-state index is 6.52. The maximum Gasteiger partial charge on any atom is 0.111 e. The highest BCUT2D eigenvalue weighted by Crippen LogP contribution is 2.32. The number of aryl methyl sites for hydroxylation is 1. The topological polar surface area (TPSA) is 24.9 Å². The Hall–Kier alpha value is -1.72. The minimum Gasteiger partial charge on any atom is -0.355 e. The molecule has 2 heterocycles. The monoisotopic (exact) mass is 408 g/mol. The molecule has 162 valence electrons. The Kier molecular flexibility index (Phi) is 7.21. The lowest BCUT2D eigenvalue weighted by Gasteiger charge is -2.39. The minimum atomic E-state index is 0.183. The van der Waals surface area contributed by atoms with E-state index in [0.717, 1.165) is 45.2 Å². The first kappa shape index (κ1) is 21.5. The lowest BCUT2D eigenvalue weighted by atomic mass is 10.0. The van der Waals surface area contributed by atoms with Crippen LogP contribution in [0.15, 0.2) is 54.6 Å². The van der Waals surface area contributed by atoms with Crippen LogP contribution >= 0.6 is 0 Å². The molecule has 0 saturated carbocycles. The van der Waals surface area contributed by atoms with Crippen molar-refractivity contribution < 1.29 is 9.47 Å². The van der Waals surface area contributed by atoms with Crippen molar-refractivity contribution in [3.63, 3.8) is 0 Å². The molecule has 2 saturated heterocycles. The van der Waals surface area contributed by atoms with Crippen molar-refractivity contribution in [2.75, 3.05) is 27.2 Å². The Morgan fingerprint density at radius 1 is 0.767 bits per heavy atom. The average Bonchev–Trinajstić information content (AvgIpc) is 2.77. The summed E-state index contributed by atoms with van der Waals surface area (Å²) in [6.07, 6.45) is 6.10. The molecule has 2 aliphatic rings. The van der Waals surface area contributed by atoms with Crippen molar-refractivity contribution in [2.24, 2.45) is 0 Å². The van der Waals surface area contributed by atoms with E-state index in [1.165, 1.54) is 16.7 Å². The van der Waals surface area contributed by atoms with Gasteiger partial charge in [-0.15, -0.1) is 0 Å². The van der Waals surface area contributed by atoms with Gasteiger partial charge in [-0.1, -0.05) is 60.2 Å². The standard InChI is InChI=1S/C26H36N2O2/c1-20-9-7-12-22(19-20)24-16-18-28(3)26(30-24)14-8-13-25-27(2)17-15-23(29-25)21-10-5-4-6-11-21/h4-7,9-12,19,23-26H,8,13-18H2,1-3H3. The van der Waals surface area contributed by atoms with E-state index in [1.807, 2.05) is 0 Å². The normalized spacial score (nSPS) is 28.5. The summed E-state index contributed by atoms with van der Waals surface area (Å²) < 4.78 is 13.0. The van der Waals surface area contributed by atoms with Crippen LogP contribution in [-0.4, -0.2) is 49.4 Å². The fourth-order valence-corrected chi connectivity index (χ4v) is 4.73. The zero-order valence-electron chi connectivity index (χ0n) is 18.7. The fraction of sp³-hybridized carbons (Fsp3) is 0.538. The average molecular weight is 409 g/mol. The molecule has 0 radical (unpaired) electrons. The van der Waals surface area contributed by atoms with Gasteiger partial charge in [0.2, 0.25) is 0 Å². The van der Waals surface area contributed by atoms with Crippen molar-refractivity contribution in [2.45, 2.75) is 63.7 Å². The Morgan fingerprint density at radius 2 is 1.33 bits per heavy atom. The highest BCUT2D eigenvalue weighted by Gasteiger charge is 2.30. The Labute approximate surface area is 181 Å². The molecular weight excluding hydrogens is 372 g/mol. The molecule has 0 amide bonds. The summed E-state index contributed by atoms with van der Waals surface area (Å²) in [6.45, 7) is 4.32. The highest BCUT2D eigenvalue weighted by molar-refractivity contribution is 5.24. The molecular formula is C26H36N2O2. The van der Waals surface area contributed by atoms with E-state index in [4.69, 9.17) is 9.47 Å². The zero-order valence-corrected chi connectivity index (χ0v) is 18.7. The summed E-state index contributed by atoms with van der Waals surface area (Å²) in [5.74, 6) is 0. The second kappa shape index (κ2) is 10.1. The predicted molar refractivity (Wildman–Crippen MR) is 121 cm³/mol. The summed E-state index contributed by atoms with van der Waals surface area (Å²) in [7, 11) is 4.37. The van der Waals surface area contributed by atoms with Crippen LogP contribution in [0.4, 0.5) is 0 Å². The van der Waals surface area contributed by atoms with Crippen molar-refractivity contribution in [1.82, 2.24) is 9.80 Å². The first-order valence-corrected chi connectivity index (χ1v) is 11.4. The van der Waals surface area contributed by atoms with Gasteiger partial charge in [-0.25, -0.2) is 0 Å². The minimum absolute atomic E-state index is 0.183. The number of rotatable bonds is 6. The van der Waals surface area contributed by atoms with Gasteiger partial charge in [0.05, 0.1) is 12.2 Å². The second-order valence-corrected chi connectivity index (χ2v) is 8.95. The largest absolute Gasteiger partial charge is 0.355 e. The van der Waals surface area contributed by atoms with E-state index in [9.17, 15) is 0 Å². The van der Waals surface area contributed by atoms with E-state index < -0.39 is 0 Å². The molecule has 4 heteroatoms. The van der Waals surface area contributed by atoms with Crippen LogP contribution in [0, 0.1) is 6.92 Å². The SMILES string of the molecule is Cc1cccc(C2CCN(C)C(CCCC3OC(c4ccccc4)CCN3C)O2)c1. The van der Waals surface area contributed by atoms with Crippen LogP contribution in [0.1, 0.15) is 61.0 Å². The molecule has 0 N–H and O–H groups in total. The van der Waals surface area contributed by atoms with Gasteiger partial charge >= 0.3 is 0 Å². The first-order valence-electron chi connectivity index (χ1n) is 11.4. The Bertz CT molecular complexity index is 797. The van der Waals surface area contributed by atoms with E-state index in [1.54, 1.807) is 0 Å². The Balaban J connectivity index is 1.30. The molecule has 2 fully saturated rings. The Morgan fingerprint density at radius 3 is 1.93 bits per heavy atom. The molecule has 2 aliphatic heterocycles. The van der Waals surface area contributed by atoms with E-state index in [2.05, 4.69) is 85.4 Å². The maximum absolute atomic E-state index is 6.52. The summed E-state index contributed by atoms with van der Waals surface area (Å²) in [6, 6.07) is 19.4. The molecule has 30 heavy (non-hydrogen) atoms. The van der Waals surface area contributed by atoms with Gasteiger partial charge in [0.25, 0.3) is 0 Å². The molecule has 2 aromatic carbocycles. The number of hydrogen-bond acceptors (Lipinski definition) is 4. The van der Waals surface area contributed by atoms with Gasteiger partial charge < -0.3 is 9.47 Å². The molecule has 0 spiro atoms. The number of nitrogens with zero attached hydrogens (tertiary/aromatic N) is 2. The molecule has 0 bridgehead atoms. The third kappa shape index (κ3) is 5.30. The van der Waals surface area contributed by atoms with Gasteiger partial charge in [-0.2, -0.15) is 0 Å². The third-order valence-electron chi connectivity index (χ3n) is 6.60. The number of hydrogen-bond donors (Lipinski definition) is 0. The predicted octanol–water partition coefficient (Wildman–Crippen LogP) is 5.30. The molecule has 0 aliphatic carbocycles. The van der Waals surface area contributed by atoms with Crippen LogP contribution in [0.2, 0.25) is 0 Å². The van der Waals surface area contributed by atoms with Crippen molar-refractivity contribution in [1.29, 1.82) is 0 Å². The lowest BCUT2D eigenvalue weighted by Crippen LogP contribution is -2.43.